The maximum atomic E-state index is 5.48. The van der Waals surface area contributed by atoms with Gasteiger partial charge in [0.25, 0.3) is 0 Å². The van der Waals surface area contributed by atoms with Gasteiger partial charge in [0, 0.05) is 31.3 Å². The van der Waals surface area contributed by atoms with Crippen LogP contribution in [-0.2, 0) is 25.0 Å². The van der Waals surface area contributed by atoms with E-state index in [1.807, 2.05) is 37.1 Å². The van der Waals surface area contributed by atoms with Gasteiger partial charge in [0.2, 0.25) is 0 Å². The highest BCUT2D eigenvalue weighted by molar-refractivity contribution is 5.55. The molecule has 0 atom stereocenters. The Morgan fingerprint density at radius 2 is 2.05 bits per heavy atom. The third-order valence-corrected chi connectivity index (χ3v) is 3.96. The first-order chi connectivity index (χ1) is 10.2. The highest BCUT2D eigenvalue weighted by atomic mass is 16.5. The van der Waals surface area contributed by atoms with Crippen molar-refractivity contribution in [2.24, 2.45) is 7.05 Å². The van der Waals surface area contributed by atoms with E-state index in [9.17, 15) is 0 Å². The highest BCUT2D eigenvalue weighted by Gasteiger charge is 2.15. The summed E-state index contributed by atoms with van der Waals surface area (Å²) in [5.41, 5.74) is 4.50. The molecule has 0 radical (unpaired) electrons. The van der Waals surface area contributed by atoms with Gasteiger partial charge < -0.3 is 9.30 Å². The van der Waals surface area contributed by atoms with E-state index in [1.165, 1.54) is 11.1 Å². The predicted molar refractivity (Wildman–Crippen MR) is 79.0 cm³/mol. The Labute approximate surface area is 122 Å². The fourth-order valence-electron chi connectivity index (χ4n) is 2.68. The highest BCUT2D eigenvalue weighted by Crippen LogP contribution is 2.25. The van der Waals surface area contributed by atoms with E-state index in [-0.39, 0.29) is 0 Å². The lowest BCUT2D eigenvalue weighted by Gasteiger charge is -2.08. The second-order valence-electron chi connectivity index (χ2n) is 5.35. The minimum Gasteiger partial charge on any atom is -0.372 e. The zero-order valence-electron chi connectivity index (χ0n) is 12.1. The largest absolute Gasteiger partial charge is 0.372 e. The zero-order valence-corrected chi connectivity index (χ0v) is 12.1. The van der Waals surface area contributed by atoms with Crippen LogP contribution in [0.3, 0.4) is 0 Å². The van der Waals surface area contributed by atoms with Crippen LogP contribution in [-0.4, -0.2) is 19.1 Å². The average molecular weight is 280 g/mol. The van der Waals surface area contributed by atoms with Crippen LogP contribution in [0.25, 0.3) is 17.2 Å². The third-order valence-electron chi connectivity index (χ3n) is 3.96. The fraction of sp³-hybridized carbons (Fsp3) is 0.250. The number of benzene rings is 1. The van der Waals surface area contributed by atoms with Crippen molar-refractivity contribution in [1.82, 2.24) is 19.1 Å². The Hall–Kier alpha value is -2.40. The molecule has 5 nitrogen and oxygen atoms in total. The van der Waals surface area contributed by atoms with Crippen LogP contribution >= 0.6 is 0 Å². The van der Waals surface area contributed by atoms with Gasteiger partial charge in [-0.15, -0.1) is 0 Å². The molecule has 0 N–H and O–H groups in total. The average Bonchev–Trinajstić information content (AvgIpc) is 3.18. The lowest BCUT2D eigenvalue weighted by Crippen LogP contribution is -1.98. The van der Waals surface area contributed by atoms with Gasteiger partial charge in [-0.1, -0.05) is 6.07 Å². The molecule has 5 heteroatoms. The SMILES string of the molecule is Cc1nc(-c2nccn2-c2ccc3c(c2)COC3)cn1C. The van der Waals surface area contributed by atoms with Crippen molar-refractivity contribution in [3.05, 3.63) is 53.7 Å². The molecular formula is C16H16N4O. The molecule has 0 bridgehead atoms. The van der Waals surface area contributed by atoms with Crippen LogP contribution in [0.1, 0.15) is 17.0 Å². The molecule has 0 unspecified atom stereocenters. The molecule has 1 aromatic carbocycles. The molecule has 3 heterocycles. The Bertz CT molecular complexity index is 796. The molecule has 1 aliphatic heterocycles. The van der Waals surface area contributed by atoms with Crippen LogP contribution in [0.5, 0.6) is 0 Å². The number of aromatic nitrogens is 4. The van der Waals surface area contributed by atoms with Crippen molar-refractivity contribution in [3.63, 3.8) is 0 Å². The summed E-state index contributed by atoms with van der Waals surface area (Å²) in [6.45, 7) is 3.39. The van der Waals surface area contributed by atoms with Gasteiger partial charge in [-0.25, -0.2) is 9.97 Å². The molecule has 0 spiro atoms. The number of hydrogen-bond acceptors (Lipinski definition) is 3. The Morgan fingerprint density at radius 3 is 2.86 bits per heavy atom. The minimum atomic E-state index is 0.690. The second kappa shape index (κ2) is 4.56. The molecule has 0 saturated carbocycles. The van der Waals surface area contributed by atoms with E-state index < -0.39 is 0 Å². The van der Waals surface area contributed by atoms with Gasteiger partial charge in [0.05, 0.1) is 13.2 Å². The summed E-state index contributed by atoms with van der Waals surface area (Å²) >= 11 is 0. The van der Waals surface area contributed by atoms with Gasteiger partial charge in [-0.05, 0) is 30.2 Å². The third kappa shape index (κ3) is 1.97. The summed E-state index contributed by atoms with van der Waals surface area (Å²) in [6, 6.07) is 6.41. The van der Waals surface area contributed by atoms with Crippen molar-refractivity contribution in [3.8, 4) is 17.2 Å². The van der Waals surface area contributed by atoms with Crippen molar-refractivity contribution >= 4 is 0 Å². The van der Waals surface area contributed by atoms with Crippen LogP contribution in [0.15, 0.2) is 36.8 Å². The number of ether oxygens (including phenoxy) is 1. The Kier molecular flexibility index (Phi) is 2.68. The van der Waals surface area contributed by atoms with Gasteiger partial charge in [0.1, 0.15) is 11.5 Å². The van der Waals surface area contributed by atoms with E-state index in [4.69, 9.17) is 4.74 Å². The first-order valence-corrected chi connectivity index (χ1v) is 6.96. The van der Waals surface area contributed by atoms with E-state index in [1.54, 1.807) is 0 Å². The molecule has 0 saturated heterocycles. The van der Waals surface area contributed by atoms with Crippen molar-refractivity contribution in [2.75, 3.05) is 0 Å². The molecule has 106 valence electrons. The van der Waals surface area contributed by atoms with Gasteiger partial charge >= 0.3 is 0 Å². The van der Waals surface area contributed by atoms with E-state index in [0.717, 1.165) is 23.0 Å². The summed E-state index contributed by atoms with van der Waals surface area (Å²) in [7, 11) is 1.99. The van der Waals surface area contributed by atoms with Crippen LogP contribution in [0.4, 0.5) is 0 Å². The summed E-state index contributed by atoms with van der Waals surface area (Å²) in [6.07, 6.45) is 5.78. The molecule has 1 aliphatic rings. The maximum Gasteiger partial charge on any atom is 0.164 e. The van der Waals surface area contributed by atoms with Crippen molar-refractivity contribution in [1.29, 1.82) is 0 Å². The molecule has 4 rings (SSSR count). The normalized spacial score (nSPS) is 13.6. The summed E-state index contributed by atoms with van der Waals surface area (Å²) < 4.78 is 9.56. The lowest BCUT2D eigenvalue weighted by atomic mass is 10.1. The number of aryl methyl sites for hydroxylation is 2. The Balaban J connectivity index is 1.82. The molecule has 0 amide bonds. The molecular weight excluding hydrogens is 264 g/mol. The molecule has 0 aliphatic carbocycles. The quantitative estimate of drug-likeness (QED) is 0.725. The summed E-state index contributed by atoms with van der Waals surface area (Å²) in [5, 5.41) is 0. The van der Waals surface area contributed by atoms with E-state index >= 15 is 0 Å². The van der Waals surface area contributed by atoms with Gasteiger partial charge in [-0.2, -0.15) is 0 Å². The summed E-state index contributed by atoms with van der Waals surface area (Å²) in [5.74, 6) is 1.83. The standard InChI is InChI=1S/C16H16N4O/c1-11-18-15(8-19(11)2)16-17-5-6-20(16)14-4-3-12-9-21-10-13(12)7-14/h3-8H,9-10H2,1-2H3. The zero-order chi connectivity index (χ0) is 14.4. The molecule has 0 fully saturated rings. The minimum absolute atomic E-state index is 0.690. The fourth-order valence-corrected chi connectivity index (χ4v) is 2.68. The van der Waals surface area contributed by atoms with Crippen molar-refractivity contribution in [2.45, 2.75) is 20.1 Å². The number of fused-ring (bicyclic) bond motifs is 1. The van der Waals surface area contributed by atoms with E-state index in [2.05, 4.69) is 32.7 Å². The van der Waals surface area contributed by atoms with Crippen LogP contribution < -0.4 is 0 Å². The van der Waals surface area contributed by atoms with Gasteiger partial charge in [0.15, 0.2) is 5.82 Å². The van der Waals surface area contributed by atoms with E-state index in [0.29, 0.717) is 13.2 Å². The van der Waals surface area contributed by atoms with Gasteiger partial charge in [-0.3, -0.25) is 4.57 Å². The number of imidazole rings is 2. The van der Waals surface area contributed by atoms with Crippen LogP contribution in [0, 0.1) is 6.92 Å². The summed E-state index contributed by atoms with van der Waals surface area (Å²) in [4.78, 5) is 9.03. The monoisotopic (exact) mass is 280 g/mol. The van der Waals surface area contributed by atoms with Crippen molar-refractivity contribution < 1.29 is 4.74 Å². The first kappa shape index (κ1) is 12.3. The number of rotatable bonds is 2. The maximum absolute atomic E-state index is 5.48. The molecule has 3 aromatic rings. The smallest absolute Gasteiger partial charge is 0.164 e. The van der Waals surface area contributed by atoms with Crippen LogP contribution in [0.2, 0.25) is 0 Å². The number of hydrogen-bond donors (Lipinski definition) is 0. The lowest BCUT2D eigenvalue weighted by molar-refractivity contribution is 0.134. The molecule has 21 heavy (non-hydrogen) atoms. The first-order valence-electron chi connectivity index (χ1n) is 6.96. The topological polar surface area (TPSA) is 44.9 Å². The predicted octanol–water partition coefficient (Wildman–Crippen LogP) is 2.61. The second-order valence-corrected chi connectivity index (χ2v) is 5.35. The Morgan fingerprint density at radius 1 is 1.19 bits per heavy atom. The number of nitrogens with zero attached hydrogens (tertiary/aromatic N) is 4. The molecule has 2 aromatic heterocycles.